The number of carbonyl (C=O) groups is 2. The summed E-state index contributed by atoms with van der Waals surface area (Å²) in [7, 11) is 1.49. The molecule has 0 heterocycles. The molecule has 0 fully saturated rings. The van der Waals surface area contributed by atoms with Gasteiger partial charge in [-0.05, 0) is 36.4 Å². The van der Waals surface area contributed by atoms with E-state index in [0.717, 1.165) is 0 Å². The molecule has 2 aromatic rings. The molecule has 2 amide bonds. The highest BCUT2D eigenvalue weighted by atomic mass is 35.5. The molecule has 10 heteroatoms. The summed E-state index contributed by atoms with van der Waals surface area (Å²) in [6.07, 6.45) is 3.43. The molecular weight excluding hydrogens is 487 g/mol. The predicted molar refractivity (Wildman–Crippen MR) is 135 cm³/mol. The van der Waals surface area contributed by atoms with E-state index in [1.165, 1.54) is 19.2 Å². The fraction of sp³-hybridized carbons (Fsp3) is 0.269. The molecule has 1 aliphatic rings. The van der Waals surface area contributed by atoms with Gasteiger partial charge in [-0.3, -0.25) is 15.0 Å². The van der Waals surface area contributed by atoms with E-state index in [2.05, 4.69) is 10.6 Å². The number of carbonyl (C=O) groups excluding carboxylic acids is 2. The first-order chi connectivity index (χ1) is 17.2. The normalized spacial score (nSPS) is 16.9. The largest absolute Gasteiger partial charge is 0.493 e. The van der Waals surface area contributed by atoms with Crippen LogP contribution in [-0.4, -0.2) is 37.9 Å². The van der Waals surface area contributed by atoms with E-state index in [0.29, 0.717) is 33.2 Å². The summed E-state index contributed by atoms with van der Waals surface area (Å²) in [5, 5.41) is 13.5. The Kier molecular flexibility index (Phi) is 9.08. The summed E-state index contributed by atoms with van der Waals surface area (Å²) in [5.74, 6) is -0.555. The van der Waals surface area contributed by atoms with Gasteiger partial charge in [-0.15, -0.1) is 0 Å². The van der Waals surface area contributed by atoms with Crippen molar-refractivity contribution in [2.45, 2.75) is 13.5 Å². The summed E-state index contributed by atoms with van der Waals surface area (Å²) < 4.78 is 24.5. The molecule has 3 rings (SSSR count). The van der Waals surface area contributed by atoms with Gasteiger partial charge >= 0.3 is 0 Å². The standard InChI is InChI=1S/C26H28ClFN4O4/c1-15-19(13-35-21-7-5-20(28)6-8-21)9-18(10-22(15)27)26(34)32-12-17-4-3-16(25(29)30)11-23(17)36-14-24(33)31-2/h3-11,15,19H,12-14H2,1-2H3,(H3,29,30)(H,31,33)(H,32,34). The summed E-state index contributed by atoms with van der Waals surface area (Å²) in [4.78, 5) is 24.6. The number of nitrogens with one attached hydrogen (secondary N) is 3. The van der Waals surface area contributed by atoms with Crippen molar-refractivity contribution < 1.29 is 23.5 Å². The Balaban J connectivity index is 1.69. The second-order valence-corrected chi connectivity index (χ2v) is 8.69. The second kappa shape index (κ2) is 12.2. The topological polar surface area (TPSA) is 127 Å². The van der Waals surface area contributed by atoms with Crippen LogP contribution in [0.2, 0.25) is 0 Å². The third-order valence-corrected chi connectivity index (χ3v) is 6.19. The van der Waals surface area contributed by atoms with Crippen LogP contribution < -0.4 is 25.8 Å². The molecule has 0 spiro atoms. The van der Waals surface area contributed by atoms with Gasteiger partial charge < -0.3 is 25.8 Å². The van der Waals surface area contributed by atoms with E-state index in [9.17, 15) is 14.0 Å². The van der Waals surface area contributed by atoms with E-state index >= 15 is 0 Å². The second-order valence-electron chi connectivity index (χ2n) is 8.25. The van der Waals surface area contributed by atoms with Crippen molar-refractivity contribution >= 4 is 29.3 Å². The van der Waals surface area contributed by atoms with Gasteiger partial charge in [0.25, 0.3) is 11.8 Å². The summed E-state index contributed by atoms with van der Waals surface area (Å²) >= 11 is 6.42. The highest BCUT2D eigenvalue weighted by molar-refractivity contribution is 6.30. The van der Waals surface area contributed by atoms with Crippen LogP contribution in [0.25, 0.3) is 0 Å². The van der Waals surface area contributed by atoms with Crippen LogP contribution in [0, 0.1) is 23.1 Å². The molecule has 2 atom stereocenters. The van der Waals surface area contributed by atoms with E-state index < -0.39 is 0 Å². The first-order valence-corrected chi connectivity index (χ1v) is 11.6. The maximum absolute atomic E-state index is 13.1. The minimum Gasteiger partial charge on any atom is -0.493 e. The number of allylic oxidation sites excluding steroid dienone is 1. The number of ether oxygens (including phenoxy) is 2. The van der Waals surface area contributed by atoms with Gasteiger partial charge in [0, 0.05) is 47.2 Å². The average Bonchev–Trinajstić information content (AvgIpc) is 2.87. The molecule has 2 aromatic carbocycles. The van der Waals surface area contributed by atoms with Gasteiger partial charge in [-0.2, -0.15) is 0 Å². The predicted octanol–water partition coefficient (Wildman–Crippen LogP) is 3.24. The lowest BCUT2D eigenvalue weighted by molar-refractivity contribution is -0.122. The SMILES string of the molecule is CNC(=O)COc1cc(C(=N)N)ccc1CNC(=O)C1=CC(COc2ccc(F)cc2)C(C)C(Cl)=C1. The zero-order chi connectivity index (χ0) is 26.2. The fourth-order valence-corrected chi connectivity index (χ4v) is 3.74. The van der Waals surface area contributed by atoms with Crippen LogP contribution in [0.3, 0.4) is 0 Å². The van der Waals surface area contributed by atoms with E-state index in [1.54, 1.807) is 42.5 Å². The summed E-state index contributed by atoms with van der Waals surface area (Å²) in [5.41, 5.74) is 6.99. The summed E-state index contributed by atoms with van der Waals surface area (Å²) in [6, 6.07) is 10.6. The third kappa shape index (κ3) is 7.08. The Morgan fingerprint density at radius 3 is 2.56 bits per heavy atom. The molecule has 190 valence electrons. The lowest BCUT2D eigenvalue weighted by Crippen LogP contribution is -2.29. The Hall–Kier alpha value is -3.85. The molecular formula is C26H28ClFN4O4. The van der Waals surface area contributed by atoms with Crippen molar-refractivity contribution in [2.75, 3.05) is 20.3 Å². The van der Waals surface area contributed by atoms with Crippen molar-refractivity contribution in [3.05, 3.63) is 82.2 Å². The van der Waals surface area contributed by atoms with Gasteiger partial charge in [-0.25, -0.2) is 4.39 Å². The lowest BCUT2D eigenvalue weighted by Gasteiger charge is -2.25. The van der Waals surface area contributed by atoms with E-state index in [4.69, 9.17) is 32.2 Å². The fourth-order valence-electron chi connectivity index (χ4n) is 3.46. The van der Waals surface area contributed by atoms with Gasteiger partial charge in [0.1, 0.15) is 23.2 Å². The molecule has 0 radical (unpaired) electrons. The number of rotatable bonds is 10. The molecule has 8 nitrogen and oxygen atoms in total. The molecule has 1 aliphatic carbocycles. The number of nitrogens with two attached hydrogens (primary N) is 1. The monoisotopic (exact) mass is 514 g/mol. The molecule has 0 saturated carbocycles. The van der Waals surface area contributed by atoms with Gasteiger partial charge in [0.05, 0.1) is 6.61 Å². The molecule has 0 saturated heterocycles. The Labute approximate surface area is 213 Å². The number of nitrogen functional groups attached to an aromatic ring is 1. The molecule has 36 heavy (non-hydrogen) atoms. The van der Waals surface area contributed by atoms with Crippen LogP contribution >= 0.6 is 11.6 Å². The average molecular weight is 515 g/mol. The van der Waals surface area contributed by atoms with E-state index in [1.807, 2.05) is 6.92 Å². The Morgan fingerprint density at radius 1 is 1.17 bits per heavy atom. The van der Waals surface area contributed by atoms with Crippen LogP contribution in [0.1, 0.15) is 18.1 Å². The van der Waals surface area contributed by atoms with Crippen molar-refractivity contribution in [3.63, 3.8) is 0 Å². The zero-order valence-corrected chi connectivity index (χ0v) is 20.7. The molecule has 0 bridgehead atoms. The first kappa shape index (κ1) is 26.7. The van der Waals surface area contributed by atoms with Crippen molar-refractivity contribution in [3.8, 4) is 11.5 Å². The number of likely N-dealkylation sites (N-methyl/N-ethyl adjacent to an activating group) is 1. The molecule has 0 aliphatic heterocycles. The van der Waals surface area contributed by atoms with Crippen LogP contribution in [0.15, 0.2) is 65.2 Å². The Bertz CT molecular complexity index is 1200. The lowest BCUT2D eigenvalue weighted by atomic mass is 9.87. The van der Waals surface area contributed by atoms with Crippen molar-refractivity contribution in [1.29, 1.82) is 5.41 Å². The number of hydrogen-bond acceptors (Lipinski definition) is 5. The van der Waals surface area contributed by atoms with Gasteiger partial charge in [-0.1, -0.05) is 36.7 Å². The number of amides is 2. The van der Waals surface area contributed by atoms with Crippen LogP contribution in [0.4, 0.5) is 4.39 Å². The van der Waals surface area contributed by atoms with Crippen molar-refractivity contribution in [1.82, 2.24) is 10.6 Å². The maximum atomic E-state index is 13.1. The molecule has 0 aromatic heterocycles. The minimum atomic E-state index is -0.351. The Morgan fingerprint density at radius 2 is 1.89 bits per heavy atom. The van der Waals surface area contributed by atoms with E-state index in [-0.39, 0.29) is 55.1 Å². The number of benzene rings is 2. The van der Waals surface area contributed by atoms with Crippen LogP contribution in [-0.2, 0) is 16.1 Å². The maximum Gasteiger partial charge on any atom is 0.257 e. The molecule has 5 N–H and O–H groups in total. The van der Waals surface area contributed by atoms with Crippen molar-refractivity contribution in [2.24, 2.45) is 17.6 Å². The number of halogens is 2. The summed E-state index contributed by atoms with van der Waals surface area (Å²) in [6.45, 7) is 2.08. The van der Waals surface area contributed by atoms with Gasteiger partial charge in [0.2, 0.25) is 0 Å². The quantitative estimate of drug-likeness (QED) is 0.286. The van der Waals surface area contributed by atoms with Gasteiger partial charge in [0.15, 0.2) is 6.61 Å². The highest BCUT2D eigenvalue weighted by Crippen LogP contribution is 2.32. The molecule has 2 unspecified atom stereocenters. The number of amidine groups is 1. The number of hydrogen-bond donors (Lipinski definition) is 4. The minimum absolute atomic E-state index is 0.0625. The first-order valence-electron chi connectivity index (χ1n) is 11.2. The smallest absolute Gasteiger partial charge is 0.257 e. The van der Waals surface area contributed by atoms with Crippen LogP contribution in [0.5, 0.6) is 11.5 Å². The highest BCUT2D eigenvalue weighted by Gasteiger charge is 2.26. The zero-order valence-electron chi connectivity index (χ0n) is 19.9. The third-order valence-electron chi connectivity index (χ3n) is 5.74.